The van der Waals surface area contributed by atoms with Gasteiger partial charge in [-0.3, -0.25) is 9.59 Å². The predicted octanol–water partition coefficient (Wildman–Crippen LogP) is 18.6. The molecule has 0 saturated heterocycles. The summed E-state index contributed by atoms with van der Waals surface area (Å²) >= 11 is 0. The Hall–Kier alpha value is -1.66. The first-order chi connectivity index (χ1) is 33.0. The number of carbonyl (C=O) groups is 2. The molecule has 0 aromatic rings. The Morgan fingerprint density at radius 3 is 1.06 bits per heavy atom. The van der Waals surface area contributed by atoms with Crippen molar-refractivity contribution in [3.05, 3.63) is 24.3 Å². The molecule has 1 amide bonds. The molecule has 0 radical (unpaired) electrons. The van der Waals surface area contributed by atoms with Gasteiger partial charge in [-0.05, 0) is 77.0 Å². The molecule has 0 saturated carbocycles. The van der Waals surface area contributed by atoms with Crippen LogP contribution in [0.4, 0.5) is 0 Å². The van der Waals surface area contributed by atoms with Crippen LogP contribution in [-0.4, -0.2) is 47.4 Å². The lowest BCUT2D eigenvalue weighted by atomic mass is 10.0. The second-order valence-corrected chi connectivity index (χ2v) is 20.7. The maximum absolute atomic E-state index is 12.5. The van der Waals surface area contributed by atoms with E-state index < -0.39 is 12.1 Å². The summed E-state index contributed by atoms with van der Waals surface area (Å²) in [5.74, 6) is -0.111. The number of hydrogen-bond donors (Lipinski definition) is 3. The smallest absolute Gasteiger partial charge is 0.305 e. The van der Waals surface area contributed by atoms with Crippen molar-refractivity contribution >= 4 is 11.9 Å². The van der Waals surface area contributed by atoms with Crippen LogP contribution in [0.5, 0.6) is 0 Å². The van der Waals surface area contributed by atoms with Gasteiger partial charge >= 0.3 is 5.97 Å². The second-order valence-electron chi connectivity index (χ2n) is 20.7. The van der Waals surface area contributed by atoms with Gasteiger partial charge in [-0.25, -0.2) is 0 Å². The lowest BCUT2D eigenvalue weighted by Crippen LogP contribution is -2.45. The van der Waals surface area contributed by atoms with E-state index in [2.05, 4.69) is 43.5 Å². The highest BCUT2D eigenvalue weighted by molar-refractivity contribution is 5.76. The zero-order valence-electron chi connectivity index (χ0n) is 45.1. The van der Waals surface area contributed by atoms with E-state index in [-0.39, 0.29) is 18.5 Å². The fourth-order valence-electron chi connectivity index (χ4n) is 9.34. The van der Waals surface area contributed by atoms with Crippen LogP contribution < -0.4 is 5.32 Å². The topological polar surface area (TPSA) is 95.9 Å². The molecule has 2 unspecified atom stereocenters. The summed E-state index contributed by atoms with van der Waals surface area (Å²) in [7, 11) is 0. The third-order valence-electron chi connectivity index (χ3n) is 14.0. The molecule has 0 fully saturated rings. The van der Waals surface area contributed by atoms with Crippen LogP contribution in [0.15, 0.2) is 24.3 Å². The molecule has 6 heteroatoms. The Labute approximate surface area is 418 Å². The molecule has 0 aromatic carbocycles. The minimum absolute atomic E-state index is 0.0427. The highest BCUT2D eigenvalue weighted by Gasteiger charge is 2.20. The number of ether oxygens (including phenoxy) is 1. The van der Waals surface area contributed by atoms with Crippen LogP contribution in [0.25, 0.3) is 0 Å². The molecule has 0 aliphatic rings. The fraction of sp³-hybridized carbons (Fsp3) is 0.902. The summed E-state index contributed by atoms with van der Waals surface area (Å²) in [6.07, 6.45) is 69.0. The molecule has 0 bridgehead atoms. The summed E-state index contributed by atoms with van der Waals surface area (Å²) in [5, 5.41) is 23.3. The summed E-state index contributed by atoms with van der Waals surface area (Å²) in [6.45, 7) is 4.88. The van der Waals surface area contributed by atoms with Crippen molar-refractivity contribution < 1.29 is 24.5 Å². The summed E-state index contributed by atoms with van der Waals surface area (Å²) < 4.78 is 5.44. The van der Waals surface area contributed by atoms with Gasteiger partial charge in [-0.1, -0.05) is 263 Å². The highest BCUT2D eigenvalue weighted by Crippen LogP contribution is 2.17. The molecule has 67 heavy (non-hydrogen) atoms. The van der Waals surface area contributed by atoms with Gasteiger partial charge in [0, 0.05) is 12.8 Å². The van der Waals surface area contributed by atoms with Crippen molar-refractivity contribution in [3.8, 4) is 0 Å². The zero-order valence-corrected chi connectivity index (χ0v) is 45.1. The summed E-state index contributed by atoms with van der Waals surface area (Å²) in [6, 6.07) is -0.568. The van der Waals surface area contributed by atoms with Gasteiger partial charge in [-0.15, -0.1) is 0 Å². The maximum Gasteiger partial charge on any atom is 0.305 e. The molecule has 2 atom stereocenters. The molecule has 0 aromatic heterocycles. The minimum atomic E-state index is -0.688. The summed E-state index contributed by atoms with van der Waals surface area (Å²) in [5.41, 5.74) is 0. The minimum Gasteiger partial charge on any atom is -0.466 e. The van der Waals surface area contributed by atoms with Crippen molar-refractivity contribution in [1.82, 2.24) is 5.32 Å². The van der Waals surface area contributed by atoms with Gasteiger partial charge in [-0.2, -0.15) is 0 Å². The second kappa shape index (κ2) is 56.9. The number of allylic oxidation sites excluding steroid dienone is 4. The number of esters is 1. The van der Waals surface area contributed by atoms with Crippen LogP contribution in [0.1, 0.15) is 328 Å². The van der Waals surface area contributed by atoms with E-state index in [1.807, 2.05) is 0 Å². The standard InChI is InChI=1S/C61H117NO5/c1-3-5-7-9-11-13-15-17-19-21-22-23-24-25-26-27-28-29-31-33-37-41-45-49-53-59(64)58(57-63)62-60(65)54-50-46-42-38-35-36-40-44-48-52-56-67-61(66)55-51-47-43-39-34-32-30-20-18-16-14-12-10-8-6-4-2/h20,30,36,40,58-59,63-64H,3-19,21-29,31-35,37-39,41-57H2,1-2H3,(H,62,65)/b30-20-,40-36-. The average molecular weight is 945 g/mol. The van der Waals surface area contributed by atoms with Gasteiger partial charge in [0.25, 0.3) is 0 Å². The molecule has 0 aliphatic carbocycles. The lowest BCUT2D eigenvalue weighted by Gasteiger charge is -2.22. The van der Waals surface area contributed by atoms with Crippen LogP contribution in [0.3, 0.4) is 0 Å². The van der Waals surface area contributed by atoms with Crippen LogP contribution in [0.2, 0.25) is 0 Å². The van der Waals surface area contributed by atoms with Gasteiger partial charge in [0.05, 0.1) is 25.4 Å². The number of nitrogens with one attached hydrogen (secondary N) is 1. The van der Waals surface area contributed by atoms with Crippen molar-refractivity contribution in [1.29, 1.82) is 0 Å². The molecule has 0 aliphatic heterocycles. The molecule has 0 heterocycles. The third kappa shape index (κ3) is 53.5. The number of unbranched alkanes of at least 4 members (excludes halogenated alkanes) is 41. The zero-order chi connectivity index (χ0) is 48.6. The van der Waals surface area contributed by atoms with E-state index in [1.165, 1.54) is 218 Å². The van der Waals surface area contributed by atoms with E-state index in [4.69, 9.17) is 4.74 Å². The average Bonchev–Trinajstić information content (AvgIpc) is 3.33. The third-order valence-corrected chi connectivity index (χ3v) is 14.0. The predicted molar refractivity (Wildman–Crippen MR) is 292 cm³/mol. The largest absolute Gasteiger partial charge is 0.466 e. The van der Waals surface area contributed by atoms with Gasteiger partial charge in [0.15, 0.2) is 0 Å². The van der Waals surface area contributed by atoms with Gasteiger partial charge < -0.3 is 20.3 Å². The van der Waals surface area contributed by atoms with Crippen molar-refractivity contribution in [3.63, 3.8) is 0 Å². The van der Waals surface area contributed by atoms with Crippen LogP contribution >= 0.6 is 0 Å². The Bertz CT molecular complexity index is 1040. The number of aliphatic hydroxyl groups is 2. The van der Waals surface area contributed by atoms with Crippen molar-refractivity contribution in [2.45, 2.75) is 341 Å². The molecule has 0 rings (SSSR count). The Kier molecular flexibility index (Phi) is 55.5. The Balaban J connectivity index is 3.50. The molecular formula is C61H117NO5. The first kappa shape index (κ1) is 65.3. The van der Waals surface area contributed by atoms with E-state index >= 15 is 0 Å². The quantitative estimate of drug-likeness (QED) is 0.0321. The van der Waals surface area contributed by atoms with Gasteiger partial charge in [0.2, 0.25) is 5.91 Å². The SMILES string of the molecule is CCCCCCCCC/C=C\CCCCCCCC(=O)OCCCC/C=C\CCCCCCC(=O)NC(CO)C(O)CCCCCCCCCCCCCCCCCCCCCCCCCC. The van der Waals surface area contributed by atoms with Crippen molar-refractivity contribution in [2.75, 3.05) is 13.2 Å². The normalized spacial score (nSPS) is 12.7. The highest BCUT2D eigenvalue weighted by atomic mass is 16.5. The Morgan fingerprint density at radius 2 is 0.701 bits per heavy atom. The van der Waals surface area contributed by atoms with Crippen molar-refractivity contribution in [2.24, 2.45) is 0 Å². The first-order valence-electron chi connectivity index (χ1n) is 30.1. The Morgan fingerprint density at radius 1 is 0.403 bits per heavy atom. The number of rotatable bonds is 56. The van der Waals surface area contributed by atoms with Crippen LogP contribution in [-0.2, 0) is 14.3 Å². The molecule has 6 nitrogen and oxygen atoms in total. The number of carbonyl (C=O) groups excluding carboxylic acids is 2. The van der Waals surface area contributed by atoms with E-state index in [0.717, 1.165) is 77.0 Å². The van der Waals surface area contributed by atoms with E-state index in [0.29, 0.717) is 25.9 Å². The monoisotopic (exact) mass is 944 g/mol. The number of aliphatic hydroxyl groups excluding tert-OH is 2. The van der Waals surface area contributed by atoms with E-state index in [1.54, 1.807) is 0 Å². The van der Waals surface area contributed by atoms with E-state index in [9.17, 15) is 19.8 Å². The fourth-order valence-corrected chi connectivity index (χ4v) is 9.34. The molecule has 396 valence electrons. The number of amides is 1. The lowest BCUT2D eigenvalue weighted by molar-refractivity contribution is -0.143. The molecular weight excluding hydrogens is 827 g/mol. The maximum atomic E-state index is 12.5. The first-order valence-corrected chi connectivity index (χ1v) is 30.1. The van der Waals surface area contributed by atoms with Gasteiger partial charge in [0.1, 0.15) is 0 Å². The summed E-state index contributed by atoms with van der Waals surface area (Å²) in [4.78, 5) is 24.6. The number of hydrogen-bond acceptors (Lipinski definition) is 5. The molecule has 3 N–H and O–H groups in total. The van der Waals surface area contributed by atoms with Crippen LogP contribution in [0, 0.1) is 0 Å². The molecule has 0 spiro atoms.